The summed E-state index contributed by atoms with van der Waals surface area (Å²) >= 11 is 1.57. The first-order valence-electron chi connectivity index (χ1n) is 4.74. The quantitative estimate of drug-likeness (QED) is 0.882. The van der Waals surface area contributed by atoms with Crippen molar-refractivity contribution in [1.82, 2.24) is 14.8 Å². The molecule has 0 amide bonds. The van der Waals surface area contributed by atoms with Gasteiger partial charge in [-0.15, -0.1) is 11.3 Å². The molecule has 0 fully saturated rings. The minimum Gasteiger partial charge on any atom is -0.478 e. The lowest BCUT2D eigenvalue weighted by Crippen LogP contribution is -2.06. The topological polar surface area (TPSA) is 68.0 Å². The first kappa shape index (κ1) is 10.8. The van der Waals surface area contributed by atoms with Gasteiger partial charge in [0.15, 0.2) is 0 Å². The Kier molecular flexibility index (Phi) is 2.74. The van der Waals surface area contributed by atoms with Crippen molar-refractivity contribution in [2.45, 2.75) is 20.4 Å². The number of carboxylic acid groups (broad SMARTS) is 1. The number of aromatic carboxylic acids is 1. The summed E-state index contributed by atoms with van der Waals surface area (Å²) in [5.74, 6) is -0.946. The summed E-state index contributed by atoms with van der Waals surface area (Å²) in [4.78, 5) is 15.1. The highest BCUT2D eigenvalue weighted by Crippen LogP contribution is 2.12. The molecule has 0 saturated heterocycles. The van der Waals surface area contributed by atoms with E-state index in [2.05, 4.69) is 10.1 Å². The van der Waals surface area contributed by atoms with Crippen LogP contribution in [0.5, 0.6) is 0 Å². The van der Waals surface area contributed by atoms with Gasteiger partial charge in [0.25, 0.3) is 0 Å². The van der Waals surface area contributed by atoms with E-state index in [1.807, 2.05) is 12.3 Å². The van der Waals surface area contributed by atoms with Crippen LogP contribution < -0.4 is 0 Å². The Labute approximate surface area is 96.4 Å². The van der Waals surface area contributed by atoms with Crippen LogP contribution in [0.3, 0.4) is 0 Å². The summed E-state index contributed by atoms with van der Waals surface area (Å²) in [6.07, 6.45) is 1.37. The van der Waals surface area contributed by atoms with Crippen LogP contribution in [-0.4, -0.2) is 25.8 Å². The largest absolute Gasteiger partial charge is 0.478 e. The number of thiazole rings is 1. The van der Waals surface area contributed by atoms with Gasteiger partial charge < -0.3 is 5.11 Å². The molecule has 0 aromatic carbocycles. The Morgan fingerprint density at radius 1 is 1.56 bits per heavy atom. The van der Waals surface area contributed by atoms with E-state index >= 15 is 0 Å². The van der Waals surface area contributed by atoms with Crippen molar-refractivity contribution in [2.75, 3.05) is 0 Å². The van der Waals surface area contributed by atoms with Gasteiger partial charge in [0.1, 0.15) is 5.56 Å². The average molecular weight is 237 g/mol. The Balaban J connectivity index is 2.25. The normalized spacial score (nSPS) is 10.6. The first-order valence-corrected chi connectivity index (χ1v) is 5.62. The fourth-order valence-corrected chi connectivity index (χ4v) is 2.05. The molecule has 2 heterocycles. The van der Waals surface area contributed by atoms with Crippen molar-refractivity contribution >= 4 is 17.3 Å². The Bertz CT molecular complexity index is 530. The molecule has 16 heavy (non-hydrogen) atoms. The number of nitrogens with zero attached hydrogens (tertiary/aromatic N) is 3. The van der Waals surface area contributed by atoms with Crippen LogP contribution in [0.2, 0.25) is 0 Å². The van der Waals surface area contributed by atoms with Gasteiger partial charge in [-0.2, -0.15) is 5.10 Å². The summed E-state index contributed by atoms with van der Waals surface area (Å²) in [6, 6.07) is 0. The third-order valence-electron chi connectivity index (χ3n) is 2.31. The number of carbonyl (C=O) groups is 1. The number of carboxylic acids is 1. The molecule has 2 aromatic rings. The summed E-state index contributed by atoms with van der Waals surface area (Å²) in [5.41, 5.74) is 1.80. The fraction of sp³-hybridized carbons (Fsp3) is 0.300. The Hall–Kier alpha value is -1.69. The molecule has 0 radical (unpaired) electrons. The SMILES string of the molecule is Cc1nc(Cn2ncc(C(=O)O)c2C)cs1. The third kappa shape index (κ3) is 1.96. The van der Waals surface area contributed by atoms with Gasteiger partial charge in [0.05, 0.1) is 29.1 Å². The monoisotopic (exact) mass is 237 g/mol. The highest BCUT2D eigenvalue weighted by atomic mass is 32.1. The van der Waals surface area contributed by atoms with Gasteiger partial charge >= 0.3 is 5.97 Å². The van der Waals surface area contributed by atoms with Crippen molar-refractivity contribution in [3.63, 3.8) is 0 Å². The molecular weight excluding hydrogens is 226 g/mol. The summed E-state index contributed by atoms with van der Waals surface area (Å²) in [7, 11) is 0. The summed E-state index contributed by atoms with van der Waals surface area (Å²) in [6.45, 7) is 4.20. The molecule has 0 aliphatic rings. The van der Waals surface area contributed by atoms with E-state index in [-0.39, 0.29) is 5.56 Å². The number of hydrogen-bond donors (Lipinski definition) is 1. The molecule has 84 valence electrons. The van der Waals surface area contributed by atoms with Crippen LogP contribution >= 0.6 is 11.3 Å². The van der Waals surface area contributed by atoms with Crippen LogP contribution in [-0.2, 0) is 6.54 Å². The molecule has 0 bridgehead atoms. The second-order valence-corrected chi connectivity index (χ2v) is 4.53. The summed E-state index contributed by atoms with van der Waals surface area (Å²) in [5, 5.41) is 15.9. The molecule has 0 saturated carbocycles. The second-order valence-electron chi connectivity index (χ2n) is 3.46. The lowest BCUT2D eigenvalue weighted by Gasteiger charge is -2.01. The van der Waals surface area contributed by atoms with Gasteiger partial charge in [-0.05, 0) is 13.8 Å². The number of rotatable bonds is 3. The van der Waals surface area contributed by atoms with E-state index in [1.165, 1.54) is 6.20 Å². The van der Waals surface area contributed by atoms with E-state index in [1.54, 1.807) is 22.9 Å². The van der Waals surface area contributed by atoms with Crippen LogP contribution in [0.25, 0.3) is 0 Å². The van der Waals surface area contributed by atoms with Crippen LogP contribution in [0.15, 0.2) is 11.6 Å². The molecule has 5 nitrogen and oxygen atoms in total. The van der Waals surface area contributed by atoms with Crippen LogP contribution in [0, 0.1) is 13.8 Å². The second kappa shape index (κ2) is 4.05. The summed E-state index contributed by atoms with van der Waals surface area (Å²) < 4.78 is 1.65. The lowest BCUT2D eigenvalue weighted by molar-refractivity contribution is 0.0696. The molecule has 0 unspecified atom stereocenters. The molecular formula is C10H11N3O2S. The van der Waals surface area contributed by atoms with E-state index in [0.29, 0.717) is 12.2 Å². The molecule has 0 aliphatic carbocycles. The number of aryl methyl sites for hydroxylation is 1. The maximum Gasteiger partial charge on any atom is 0.339 e. The van der Waals surface area contributed by atoms with Crippen molar-refractivity contribution in [2.24, 2.45) is 0 Å². The Morgan fingerprint density at radius 3 is 2.81 bits per heavy atom. The standard InChI is InChI=1S/C10H11N3O2S/c1-6-9(10(14)15)3-11-13(6)4-8-5-16-7(2)12-8/h3,5H,4H2,1-2H3,(H,14,15). The molecule has 0 aliphatic heterocycles. The Morgan fingerprint density at radius 2 is 2.31 bits per heavy atom. The smallest absolute Gasteiger partial charge is 0.339 e. The van der Waals surface area contributed by atoms with Crippen molar-refractivity contribution in [3.05, 3.63) is 33.5 Å². The van der Waals surface area contributed by atoms with E-state index < -0.39 is 5.97 Å². The molecule has 0 spiro atoms. The van der Waals surface area contributed by atoms with Gasteiger partial charge in [-0.3, -0.25) is 4.68 Å². The number of hydrogen-bond acceptors (Lipinski definition) is 4. The van der Waals surface area contributed by atoms with Crippen LogP contribution in [0.1, 0.15) is 26.8 Å². The van der Waals surface area contributed by atoms with E-state index in [9.17, 15) is 4.79 Å². The van der Waals surface area contributed by atoms with E-state index in [4.69, 9.17) is 5.11 Å². The van der Waals surface area contributed by atoms with Gasteiger partial charge in [0, 0.05) is 5.38 Å². The molecule has 1 N–H and O–H groups in total. The molecule has 2 aromatic heterocycles. The highest BCUT2D eigenvalue weighted by molar-refractivity contribution is 7.09. The van der Waals surface area contributed by atoms with Crippen LogP contribution in [0.4, 0.5) is 0 Å². The van der Waals surface area contributed by atoms with Gasteiger partial charge in [-0.1, -0.05) is 0 Å². The zero-order chi connectivity index (χ0) is 11.7. The highest BCUT2D eigenvalue weighted by Gasteiger charge is 2.13. The minimum atomic E-state index is -0.946. The number of aromatic nitrogens is 3. The molecule has 6 heteroatoms. The maximum absolute atomic E-state index is 10.8. The zero-order valence-corrected chi connectivity index (χ0v) is 9.78. The maximum atomic E-state index is 10.8. The van der Waals surface area contributed by atoms with E-state index in [0.717, 1.165) is 10.7 Å². The average Bonchev–Trinajstić information content (AvgIpc) is 2.76. The molecule has 2 rings (SSSR count). The first-order chi connectivity index (χ1) is 7.58. The predicted molar refractivity (Wildman–Crippen MR) is 59.9 cm³/mol. The third-order valence-corrected chi connectivity index (χ3v) is 3.13. The predicted octanol–water partition coefficient (Wildman–Crippen LogP) is 1.70. The van der Waals surface area contributed by atoms with Crippen molar-refractivity contribution in [3.8, 4) is 0 Å². The van der Waals surface area contributed by atoms with Crippen molar-refractivity contribution in [1.29, 1.82) is 0 Å². The zero-order valence-electron chi connectivity index (χ0n) is 8.97. The van der Waals surface area contributed by atoms with Gasteiger partial charge in [0.2, 0.25) is 0 Å². The lowest BCUT2D eigenvalue weighted by atomic mass is 10.3. The van der Waals surface area contributed by atoms with Gasteiger partial charge in [-0.25, -0.2) is 9.78 Å². The van der Waals surface area contributed by atoms with Crippen molar-refractivity contribution < 1.29 is 9.90 Å². The fourth-order valence-electron chi connectivity index (χ4n) is 1.45. The minimum absolute atomic E-state index is 0.243. The molecule has 0 atom stereocenters.